The van der Waals surface area contributed by atoms with E-state index in [0.29, 0.717) is 22.9 Å². The number of aromatic hydroxyl groups is 1. The Kier molecular flexibility index (Phi) is 4.32. The van der Waals surface area contributed by atoms with Crippen molar-refractivity contribution >= 4 is 33.6 Å². The molecule has 0 bridgehead atoms. The maximum absolute atomic E-state index is 9.83. The summed E-state index contributed by atoms with van der Waals surface area (Å²) in [6, 6.07) is 18.4. The Bertz CT molecular complexity index is 1090. The number of hydrogen-bond acceptors (Lipinski definition) is 6. The number of aromatic nitrogens is 4. The number of hydrogen-bond donors (Lipinski definition) is 2. The summed E-state index contributed by atoms with van der Waals surface area (Å²) in [6.45, 7) is 0. The molecule has 0 aliphatic rings. The van der Waals surface area contributed by atoms with Gasteiger partial charge in [0.2, 0.25) is 0 Å². The Balaban J connectivity index is 1.61. The number of rotatable bonds is 4. The zero-order valence-corrected chi connectivity index (χ0v) is 15.0. The van der Waals surface area contributed by atoms with E-state index in [-0.39, 0.29) is 5.75 Å². The lowest BCUT2D eigenvalue weighted by atomic mass is 10.2. The van der Waals surface area contributed by atoms with Crippen LogP contribution >= 0.6 is 15.9 Å². The molecule has 2 aromatic heterocycles. The second kappa shape index (κ2) is 6.93. The molecule has 0 spiro atoms. The fraction of sp³-hybridized carbons (Fsp3) is 0. The van der Waals surface area contributed by atoms with Gasteiger partial charge in [0.05, 0.1) is 6.21 Å². The van der Waals surface area contributed by atoms with E-state index in [1.54, 1.807) is 34.8 Å². The first-order chi connectivity index (χ1) is 12.7. The van der Waals surface area contributed by atoms with Crippen LogP contribution in [0.4, 0.5) is 5.82 Å². The van der Waals surface area contributed by atoms with E-state index in [9.17, 15) is 5.11 Å². The van der Waals surface area contributed by atoms with E-state index in [1.807, 2.05) is 30.3 Å². The SMILES string of the molecule is Oc1ccc(Br)cc1/C=N\Nc1ccc2nnc(-c3ccccc3)n2n1. The van der Waals surface area contributed by atoms with Crippen molar-refractivity contribution in [1.29, 1.82) is 0 Å². The minimum atomic E-state index is 0.146. The topological polar surface area (TPSA) is 87.7 Å². The van der Waals surface area contributed by atoms with Crippen LogP contribution in [0.15, 0.2) is 70.2 Å². The molecule has 0 radical (unpaired) electrons. The van der Waals surface area contributed by atoms with Gasteiger partial charge >= 0.3 is 0 Å². The molecule has 2 N–H and O–H groups in total. The summed E-state index contributed by atoms with van der Waals surface area (Å²) >= 11 is 3.36. The van der Waals surface area contributed by atoms with Crippen molar-refractivity contribution in [2.45, 2.75) is 0 Å². The van der Waals surface area contributed by atoms with E-state index in [1.165, 1.54) is 6.21 Å². The molecule has 8 heteroatoms. The monoisotopic (exact) mass is 408 g/mol. The zero-order chi connectivity index (χ0) is 17.9. The van der Waals surface area contributed by atoms with E-state index >= 15 is 0 Å². The van der Waals surface area contributed by atoms with Crippen LogP contribution in [0.2, 0.25) is 0 Å². The molecule has 0 aliphatic heterocycles. The quantitative estimate of drug-likeness (QED) is 0.397. The number of benzene rings is 2. The van der Waals surface area contributed by atoms with Crippen LogP contribution in [-0.4, -0.2) is 31.1 Å². The van der Waals surface area contributed by atoms with E-state index in [4.69, 9.17) is 0 Å². The van der Waals surface area contributed by atoms with Gasteiger partial charge in [-0.3, -0.25) is 5.43 Å². The van der Waals surface area contributed by atoms with Gasteiger partial charge in [-0.05, 0) is 30.3 Å². The van der Waals surface area contributed by atoms with Gasteiger partial charge in [0.15, 0.2) is 17.3 Å². The lowest BCUT2D eigenvalue weighted by Gasteiger charge is -2.03. The molecule has 0 saturated carbocycles. The van der Waals surface area contributed by atoms with Crippen molar-refractivity contribution in [3.63, 3.8) is 0 Å². The standard InChI is InChI=1S/C18H13BrN6O/c19-14-6-7-15(26)13(10-14)11-20-21-16-8-9-17-22-23-18(25(17)24-16)12-4-2-1-3-5-12/h1-11,26H,(H,21,24)/b20-11-. The Labute approximate surface area is 157 Å². The highest BCUT2D eigenvalue weighted by atomic mass is 79.9. The fourth-order valence-corrected chi connectivity index (χ4v) is 2.79. The van der Waals surface area contributed by atoms with Crippen LogP contribution in [0.5, 0.6) is 5.75 Å². The van der Waals surface area contributed by atoms with Gasteiger partial charge in [-0.15, -0.1) is 15.3 Å². The summed E-state index contributed by atoms with van der Waals surface area (Å²) in [5.74, 6) is 1.32. The minimum absolute atomic E-state index is 0.146. The second-order valence-corrected chi connectivity index (χ2v) is 6.37. The molecule has 0 unspecified atom stereocenters. The number of nitrogens with zero attached hydrogens (tertiary/aromatic N) is 5. The molecular formula is C18H13BrN6O. The third-order valence-electron chi connectivity index (χ3n) is 3.67. The summed E-state index contributed by atoms with van der Waals surface area (Å²) in [6.07, 6.45) is 1.52. The second-order valence-electron chi connectivity index (χ2n) is 5.45. The predicted octanol–water partition coefficient (Wildman–Crippen LogP) is 3.71. The molecule has 0 aliphatic carbocycles. The lowest BCUT2D eigenvalue weighted by Crippen LogP contribution is -2.00. The fourth-order valence-electron chi connectivity index (χ4n) is 2.41. The van der Waals surface area contributed by atoms with Crippen LogP contribution in [0.25, 0.3) is 17.0 Å². The molecule has 4 rings (SSSR count). The Hall–Kier alpha value is -3.26. The van der Waals surface area contributed by atoms with Crippen molar-refractivity contribution in [1.82, 2.24) is 19.8 Å². The molecule has 0 amide bonds. The summed E-state index contributed by atoms with van der Waals surface area (Å²) in [5, 5.41) is 26.8. The maximum atomic E-state index is 9.83. The van der Waals surface area contributed by atoms with Gasteiger partial charge in [0, 0.05) is 15.6 Å². The molecule has 0 atom stereocenters. The average Bonchev–Trinajstić information content (AvgIpc) is 3.08. The Morgan fingerprint density at radius 2 is 1.88 bits per heavy atom. The van der Waals surface area contributed by atoms with Crippen molar-refractivity contribution in [3.05, 3.63) is 70.7 Å². The number of phenolic OH excluding ortho intramolecular Hbond substituents is 1. The van der Waals surface area contributed by atoms with E-state index in [0.717, 1.165) is 10.0 Å². The highest BCUT2D eigenvalue weighted by Gasteiger charge is 2.09. The number of nitrogens with one attached hydrogen (secondary N) is 1. The molecule has 2 aromatic carbocycles. The molecule has 0 fully saturated rings. The summed E-state index contributed by atoms with van der Waals surface area (Å²) in [7, 11) is 0. The Morgan fingerprint density at radius 1 is 1.04 bits per heavy atom. The minimum Gasteiger partial charge on any atom is -0.507 e. The summed E-state index contributed by atoms with van der Waals surface area (Å²) < 4.78 is 2.51. The third kappa shape index (κ3) is 3.27. The van der Waals surface area contributed by atoms with Gasteiger partial charge in [0.1, 0.15) is 5.75 Å². The molecule has 7 nitrogen and oxygen atoms in total. The van der Waals surface area contributed by atoms with E-state index in [2.05, 4.69) is 41.8 Å². The van der Waals surface area contributed by atoms with Gasteiger partial charge < -0.3 is 5.11 Å². The number of halogens is 1. The lowest BCUT2D eigenvalue weighted by molar-refractivity contribution is 0.474. The van der Waals surface area contributed by atoms with Crippen molar-refractivity contribution in [2.24, 2.45) is 5.10 Å². The van der Waals surface area contributed by atoms with Crippen molar-refractivity contribution in [2.75, 3.05) is 5.43 Å². The number of hydrazone groups is 1. The highest BCUT2D eigenvalue weighted by Crippen LogP contribution is 2.20. The van der Waals surface area contributed by atoms with Crippen LogP contribution in [0.3, 0.4) is 0 Å². The molecular weight excluding hydrogens is 396 g/mol. The highest BCUT2D eigenvalue weighted by molar-refractivity contribution is 9.10. The van der Waals surface area contributed by atoms with Gasteiger partial charge in [-0.2, -0.15) is 9.62 Å². The summed E-state index contributed by atoms with van der Waals surface area (Å²) in [4.78, 5) is 0. The molecule has 128 valence electrons. The van der Waals surface area contributed by atoms with Gasteiger partial charge in [-0.1, -0.05) is 46.3 Å². The third-order valence-corrected chi connectivity index (χ3v) is 4.16. The molecule has 0 saturated heterocycles. The first kappa shape index (κ1) is 16.2. The summed E-state index contributed by atoms with van der Waals surface area (Å²) in [5.41, 5.74) is 5.01. The Morgan fingerprint density at radius 3 is 2.73 bits per heavy atom. The van der Waals surface area contributed by atoms with Crippen LogP contribution in [-0.2, 0) is 0 Å². The van der Waals surface area contributed by atoms with Gasteiger partial charge in [-0.25, -0.2) is 0 Å². The average molecular weight is 409 g/mol. The zero-order valence-electron chi connectivity index (χ0n) is 13.4. The number of fused-ring (bicyclic) bond motifs is 1. The molecule has 26 heavy (non-hydrogen) atoms. The van der Waals surface area contributed by atoms with Gasteiger partial charge in [0.25, 0.3) is 0 Å². The van der Waals surface area contributed by atoms with Crippen molar-refractivity contribution < 1.29 is 5.11 Å². The largest absolute Gasteiger partial charge is 0.507 e. The predicted molar refractivity (Wildman–Crippen MR) is 103 cm³/mol. The van der Waals surface area contributed by atoms with Crippen molar-refractivity contribution in [3.8, 4) is 17.1 Å². The van der Waals surface area contributed by atoms with Crippen LogP contribution < -0.4 is 5.43 Å². The van der Waals surface area contributed by atoms with E-state index < -0.39 is 0 Å². The number of anilines is 1. The van der Waals surface area contributed by atoms with Crippen LogP contribution in [0, 0.1) is 0 Å². The van der Waals surface area contributed by atoms with Crippen LogP contribution in [0.1, 0.15) is 5.56 Å². The molecule has 4 aromatic rings. The maximum Gasteiger partial charge on any atom is 0.185 e. The first-order valence-corrected chi connectivity index (χ1v) is 8.55. The number of phenols is 1. The normalized spacial score (nSPS) is 11.3. The molecule has 2 heterocycles. The smallest absolute Gasteiger partial charge is 0.185 e. The first-order valence-electron chi connectivity index (χ1n) is 7.76.